The zero-order chi connectivity index (χ0) is 14.5. The van der Waals surface area contributed by atoms with Crippen molar-refractivity contribution in [3.05, 3.63) is 23.9 Å². The van der Waals surface area contributed by atoms with Gasteiger partial charge in [-0.3, -0.25) is 4.90 Å². The minimum absolute atomic E-state index is 0.684. The lowest BCUT2D eigenvalue weighted by molar-refractivity contribution is 0.0289. The molecule has 0 bridgehead atoms. The molecule has 0 amide bonds. The van der Waals surface area contributed by atoms with Crippen LogP contribution >= 0.6 is 0 Å². The number of morpholine rings is 1. The lowest BCUT2D eigenvalue weighted by Crippen LogP contribution is -2.43. The quantitative estimate of drug-likeness (QED) is 0.843. The molecule has 21 heavy (non-hydrogen) atoms. The van der Waals surface area contributed by atoms with Gasteiger partial charge in [-0.15, -0.1) is 0 Å². The van der Waals surface area contributed by atoms with E-state index in [9.17, 15) is 5.26 Å². The molecule has 2 aliphatic heterocycles. The van der Waals surface area contributed by atoms with E-state index in [0.717, 1.165) is 51.1 Å². The Morgan fingerprint density at radius 3 is 2.71 bits per heavy atom. The summed E-state index contributed by atoms with van der Waals surface area (Å²) >= 11 is 0. The average Bonchev–Trinajstić information content (AvgIpc) is 2.56. The van der Waals surface area contributed by atoms with Gasteiger partial charge in [-0.1, -0.05) is 0 Å². The molecule has 0 unspecified atom stereocenters. The number of hydrogen-bond donors (Lipinski definition) is 0. The Hall–Kier alpha value is -1.64. The number of anilines is 1. The standard InChI is InChI=1S/C16H22N4O/c17-12-15-2-1-5-18-16(15)20-6-3-14(4-7-20)13-19-8-10-21-11-9-19/h1-2,5,14H,3-4,6-11,13H2. The van der Waals surface area contributed by atoms with Crippen molar-refractivity contribution in [2.45, 2.75) is 12.8 Å². The number of piperidine rings is 1. The van der Waals surface area contributed by atoms with Crippen molar-refractivity contribution >= 4 is 5.82 Å². The van der Waals surface area contributed by atoms with Crippen molar-refractivity contribution in [1.29, 1.82) is 5.26 Å². The highest BCUT2D eigenvalue weighted by atomic mass is 16.5. The smallest absolute Gasteiger partial charge is 0.146 e. The summed E-state index contributed by atoms with van der Waals surface area (Å²) in [5.74, 6) is 1.61. The lowest BCUT2D eigenvalue weighted by atomic mass is 9.95. The van der Waals surface area contributed by atoms with Crippen LogP contribution in [0.3, 0.4) is 0 Å². The summed E-state index contributed by atoms with van der Waals surface area (Å²) in [6, 6.07) is 5.92. The molecular weight excluding hydrogens is 264 g/mol. The van der Waals surface area contributed by atoms with Crippen molar-refractivity contribution < 1.29 is 4.74 Å². The first-order valence-electron chi connectivity index (χ1n) is 7.77. The molecule has 3 heterocycles. The van der Waals surface area contributed by atoms with Crippen molar-refractivity contribution in [3.63, 3.8) is 0 Å². The SMILES string of the molecule is N#Cc1cccnc1N1CCC(CN2CCOCC2)CC1. The summed E-state index contributed by atoms with van der Waals surface area (Å²) in [5.41, 5.74) is 0.684. The fourth-order valence-corrected chi connectivity index (χ4v) is 3.21. The van der Waals surface area contributed by atoms with Gasteiger partial charge in [-0.25, -0.2) is 4.98 Å². The lowest BCUT2D eigenvalue weighted by Gasteiger charge is -2.36. The van der Waals surface area contributed by atoms with Crippen LogP contribution in [-0.4, -0.2) is 55.8 Å². The summed E-state index contributed by atoms with van der Waals surface area (Å²) in [6.07, 6.45) is 4.13. The Kier molecular flexibility index (Phi) is 4.69. The molecule has 2 fully saturated rings. The molecule has 0 spiro atoms. The van der Waals surface area contributed by atoms with Crippen LogP contribution in [0.25, 0.3) is 0 Å². The van der Waals surface area contributed by atoms with E-state index in [1.807, 2.05) is 12.1 Å². The Balaban J connectivity index is 1.54. The number of hydrogen-bond acceptors (Lipinski definition) is 5. The fraction of sp³-hybridized carbons (Fsp3) is 0.625. The Morgan fingerprint density at radius 1 is 1.24 bits per heavy atom. The van der Waals surface area contributed by atoms with Crippen LogP contribution in [0.1, 0.15) is 18.4 Å². The van der Waals surface area contributed by atoms with E-state index in [-0.39, 0.29) is 0 Å². The molecule has 3 rings (SSSR count). The second-order valence-electron chi connectivity index (χ2n) is 5.83. The summed E-state index contributed by atoms with van der Waals surface area (Å²) < 4.78 is 5.40. The summed E-state index contributed by atoms with van der Waals surface area (Å²) in [5, 5.41) is 9.18. The maximum atomic E-state index is 9.18. The van der Waals surface area contributed by atoms with Gasteiger partial charge in [0.1, 0.15) is 11.9 Å². The predicted molar refractivity (Wildman–Crippen MR) is 81.1 cm³/mol. The zero-order valence-corrected chi connectivity index (χ0v) is 12.4. The second-order valence-corrected chi connectivity index (χ2v) is 5.83. The van der Waals surface area contributed by atoms with Crippen LogP contribution < -0.4 is 4.90 Å². The molecule has 0 atom stereocenters. The molecule has 1 aromatic heterocycles. The highest BCUT2D eigenvalue weighted by Gasteiger charge is 2.24. The first-order chi connectivity index (χ1) is 10.4. The van der Waals surface area contributed by atoms with Crippen molar-refractivity contribution in [3.8, 4) is 6.07 Å². The fourth-order valence-electron chi connectivity index (χ4n) is 3.21. The number of pyridine rings is 1. The Morgan fingerprint density at radius 2 is 2.00 bits per heavy atom. The van der Waals surface area contributed by atoms with Gasteiger partial charge < -0.3 is 9.64 Å². The van der Waals surface area contributed by atoms with E-state index in [1.54, 1.807) is 6.20 Å². The summed E-state index contributed by atoms with van der Waals surface area (Å²) in [6.45, 7) is 7.07. The van der Waals surface area contributed by atoms with Gasteiger partial charge in [0.15, 0.2) is 0 Å². The van der Waals surface area contributed by atoms with Crippen LogP contribution in [0.4, 0.5) is 5.82 Å². The van der Waals surface area contributed by atoms with Gasteiger partial charge in [-0.2, -0.15) is 5.26 Å². The molecule has 0 saturated carbocycles. The highest BCUT2D eigenvalue weighted by Crippen LogP contribution is 2.24. The molecule has 1 aromatic rings. The van der Waals surface area contributed by atoms with Crippen molar-refractivity contribution in [2.24, 2.45) is 5.92 Å². The zero-order valence-electron chi connectivity index (χ0n) is 12.4. The molecule has 5 nitrogen and oxygen atoms in total. The van der Waals surface area contributed by atoms with Crippen LogP contribution in [0.2, 0.25) is 0 Å². The molecule has 112 valence electrons. The predicted octanol–water partition coefficient (Wildman–Crippen LogP) is 1.50. The third-order valence-electron chi connectivity index (χ3n) is 4.44. The third kappa shape index (κ3) is 3.52. The average molecular weight is 286 g/mol. The van der Waals surface area contributed by atoms with Crippen LogP contribution in [0, 0.1) is 17.2 Å². The normalized spacial score (nSPS) is 21.2. The molecule has 0 aliphatic carbocycles. The number of aromatic nitrogens is 1. The van der Waals surface area contributed by atoms with Gasteiger partial charge in [0.25, 0.3) is 0 Å². The van der Waals surface area contributed by atoms with Crippen molar-refractivity contribution in [1.82, 2.24) is 9.88 Å². The third-order valence-corrected chi connectivity index (χ3v) is 4.44. The summed E-state index contributed by atoms with van der Waals surface area (Å²) in [4.78, 5) is 9.17. The number of nitriles is 1. The first kappa shape index (κ1) is 14.3. The largest absolute Gasteiger partial charge is 0.379 e. The Labute approximate surface area is 126 Å². The van der Waals surface area contributed by atoms with E-state index in [4.69, 9.17) is 4.74 Å². The highest BCUT2D eigenvalue weighted by molar-refractivity contribution is 5.53. The minimum atomic E-state index is 0.684. The monoisotopic (exact) mass is 286 g/mol. The number of ether oxygens (including phenoxy) is 1. The summed E-state index contributed by atoms with van der Waals surface area (Å²) in [7, 11) is 0. The van der Waals surface area contributed by atoms with Gasteiger partial charge in [0.2, 0.25) is 0 Å². The van der Waals surface area contributed by atoms with Gasteiger partial charge >= 0.3 is 0 Å². The van der Waals surface area contributed by atoms with Gasteiger partial charge in [0.05, 0.1) is 18.8 Å². The maximum absolute atomic E-state index is 9.18. The van der Waals surface area contributed by atoms with Gasteiger partial charge in [-0.05, 0) is 30.9 Å². The van der Waals surface area contributed by atoms with E-state index < -0.39 is 0 Å². The molecule has 0 aromatic carbocycles. The molecule has 2 saturated heterocycles. The number of nitrogens with zero attached hydrogens (tertiary/aromatic N) is 4. The minimum Gasteiger partial charge on any atom is -0.379 e. The first-order valence-corrected chi connectivity index (χ1v) is 7.77. The molecule has 0 N–H and O–H groups in total. The molecule has 2 aliphatic rings. The van der Waals surface area contributed by atoms with E-state index >= 15 is 0 Å². The topological polar surface area (TPSA) is 52.4 Å². The van der Waals surface area contributed by atoms with Crippen LogP contribution in [0.5, 0.6) is 0 Å². The second kappa shape index (κ2) is 6.88. The molecular formula is C16H22N4O. The molecule has 0 radical (unpaired) electrons. The Bertz CT molecular complexity index is 499. The van der Waals surface area contributed by atoms with Gasteiger partial charge in [0, 0.05) is 38.9 Å². The van der Waals surface area contributed by atoms with E-state index in [0.29, 0.717) is 5.56 Å². The van der Waals surface area contributed by atoms with Crippen LogP contribution in [0.15, 0.2) is 18.3 Å². The number of rotatable bonds is 3. The van der Waals surface area contributed by atoms with E-state index in [1.165, 1.54) is 19.4 Å². The van der Waals surface area contributed by atoms with E-state index in [2.05, 4.69) is 20.9 Å². The maximum Gasteiger partial charge on any atom is 0.146 e. The van der Waals surface area contributed by atoms with Crippen LogP contribution in [-0.2, 0) is 4.74 Å². The molecule has 5 heteroatoms. The van der Waals surface area contributed by atoms with Crippen molar-refractivity contribution in [2.75, 3.05) is 50.8 Å².